The quantitative estimate of drug-likeness (QED) is 0.499. The lowest BCUT2D eigenvalue weighted by Crippen LogP contribution is -2.35. The zero-order valence-electron chi connectivity index (χ0n) is 7.33. The first-order chi connectivity index (χ1) is 5.27. The van der Waals surface area contributed by atoms with Crippen LogP contribution in [-0.4, -0.2) is 26.1 Å². The molecule has 0 amide bonds. The summed E-state index contributed by atoms with van der Waals surface area (Å²) in [6.07, 6.45) is 0.300. The van der Waals surface area contributed by atoms with Crippen LogP contribution in [0.5, 0.6) is 0 Å². The van der Waals surface area contributed by atoms with Crippen LogP contribution in [0.1, 0.15) is 20.8 Å². The number of nitrogens with one attached hydrogen (secondary N) is 1. The molecule has 0 aromatic carbocycles. The molecule has 0 rings (SSSR count). The van der Waals surface area contributed by atoms with Gasteiger partial charge in [0.05, 0.1) is 5.60 Å². The minimum absolute atomic E-state index is 0.300. The SMILES string of the molecule is CC(C)(C)ONS(=O)(=O)CC=O. The standard InChI is InChI=1S/C6H13NO4S/c1-6(2,3)11-7-12(9,10)5-4-8/h4,7H,5H2,1-3H3. The van der Waals surface area contributed by atoms with Crippen molar-refractivity contribution >= 4 is 16.3 Å². The molecule has 12 heavy (non-hydrogen) atoms. The lowest BCUT2D eigenvalue weighted by Gasteiger charge is -2.18. The number of sulfonamides is 1. The van der Waals surface area contributed by atoms with Crippen molar-refractivity contribution in [1.82, 2.24) is 4.89 Å². The summed E-state index contributed by atoms with van der Waals surface area (Å²) in [5.74, 6) is -0.580. The molecule has 0 aliphatic rings. The maximum Gasteiger partial charge on any atom is 0.240 e. The third kappa shape index (κ3) is 6.26. The Morgan fingerprint density at radius 3 is 2.25 bits per heavy atom. The maximum absolute atomic E-state index is 10.8. The molecular formula is C6H13NO4S. The van der Waals surface area contributed by atoms with Gasteiger partial charge in [0.1, 0.15) is 12.0 Å². The number of aldehydes is 1. The van der Waals surface area contributed by atoms with Gasteiger partial charge in [-0.2, -0.15) is 0 Å². The van der Waals surface area contributed by atoms with E-state index in [4.69, 9.17) is 4.84 Å². The number of hydrogen-bond donors (Lipinski definition) is 1. The van der Waals surface area contributed by atoms with E-state index < -0.39 is 21.4 Å². The van der Waals surface area contributed by atoms with Crippen LogP contribution in [0.15, 0.2) is 0 Å². The molecule has 0 spiro atoms. The number of carbonyl (C=O) groups is 1. The average Bonchev–Trinajstić information content (AvgIpc) is 1.83. The van der Waals surface area contributed by atoms with Crippen LogP contribution < -0.4 is 4.89 Å². The monoisotopic (exact) mass is 195 g/mol. The van der Waals surface area contributed by atoms with Crippen LogP contribution in [0, 0.1) is 0 Å². The average molecular weight is 195 g/mol. The summed E-state index contributed by atoms with van der Waals surface area (Å²) in [5, 5.41) is 0. The number of carbonyl (C=O) groups excluding carboxylic acids is 1. The fourth-order valence-electron chi connectivity index (χ4n) is 0.312. The van der Waals surface area contributed by atoms with Crippen molar-refractivity contribution < 1.29 is 18.0 Å². The smallest absolute Gasteiger partial charge is 0.240 e. The van der Waals surface area contributed by atoms with Gasteiger partial charge in [0.2, 0.25) is 10.0 Å². The van der Waals surface area contributed by atoms with Crippen LogP contribution in [-0.2, 0) is 19.7 Å². The Kier molecular flexibility index (Phi) is 3.82. The highest BCUT2D eigenvalue weighted by atomic mass is 32.2. The largest absolute Gasteiger partial charge is 0.302 e. The molecule has 0 aromatic rings. The molecule has 0 bridgehead atoms. The summed E-state index contributed by atoms with van der Waals surface area (Å²) in [6.45, 7) is 5.07. The van der Waals surface area contributed by atoms with E-state index in [0.717, 1.165) is 0 Å². The van der Waals surface area contributed by atoms with Gasteiger partial charge in [0, 0.05) is 0 Å². The lowest BCUT2D eigenvalue weighted by molar-refractivity contribution is -0.106. The highest BCUT2D eigenvalue weighted by Gasteiger charge is 2.16. The summed E-state index contributed by atoms with van der Waals surface area (Å²) in [6, 6.07) is 0. The first-order valence-corrected chi connectivity index (χ1v) is 5.03. The Bertz CT molecular complexity index is 239. The fourth-order valence-corrected chi connectivity index (χ4v) is 0.936. The number of rotatable bonds is 4. The molecule has 0 unspecified atom stereocenters. The van der Waals surface area contributed by atoms with Crippen molar-refractivity contribution in [2.45, 2.75) is 26.4 Å². The van der Waals surface area contributed by atoms with Gasteiger partial charge < -0.3 is 4.79 Å². The van der Waals surface area contributed by atoms with Crippen molar-refractivity contribution in [2.24, 2.45) is 0 Å². The van der Waals surface area contributed by atoms with Crippen molar-refractivity contribution in [1.29, 1.82) is 0 Å². The Morgan fingerprint density at radius 2 is 1.92 bits per heavy atom. The van der Waals surface area contributed by atoms with Gasteiger partial charge >= 0.3 is 0 Å². The molecule has 1 N–H and O–H groups in total. The summed E-state index contributed by atoms with van der Waals surface area (Å²) < 4.78 is 21.6. The van der Waals surface area contributed by atoms with Crippen LogP contribution in [0.4, 0.5) is 0 Å². The molecule has 72 valence electrons. The van der Waals surface area contributed by atoms with Gasteiger partial charge in [-0.3, -0.25) is 4.84 Å². The number of hydrogen-bond acceptors (Lipinski definition) is 4. The van der Waals surface area contributed by atoms with E-state index in [1.165, 1.54) is 0 Å². The summed E-state index contributed by atoms with van der Waals surface area (Å²) in [4.78, 5) is 16.5. The topological polar surface area (TPSA) is 72.5 Å². The molecule has 0 saturated carbocycles. The molecule has 0 radical (unpaired) electrons. The van der Waals surface area contributed by atoms with E-state index in [2.05, 4.69) is 0 Å². The van der Waals surface area contributed by atoms with Gasteiger partial charge in [-0.1, -0.05) is 4.89 Å². The van der Waals surface area contributed by atoms with E-state index in [0.29, 0.717) is 6.29 Å². The molecule has 0 fully saturated rings. The van der Waals surface area contributed by atoms with Crippen molar-refractivity contribution in [3.05, 3.63) is 0 Å². The Labute approximate surface area is 72.1 Å². The van der Waals surface area contributed by atoms with E-state index >= 15 is 0 Å². The predicted molar refractivity (Wildman–Crippen MR) is 43.8 cm³/mol. The van der Waals surface area contributed by atoms with Crippen LogP contribution in [0.25, 0.3) is 0 Å². The molecule has 0 heterocycles. The first kappa shape index (κ1) is 11.5. The Balaban J connectivity index is 4.02. The third-order valence-electron chi connectivity index (χ3n) is 0.762. The first-order valence-electron chi connectivity index (χ1n) is 3.38. The van der Waals surface area contributed by atoms with Crippen molar-refractivity contribution in [3.8, 4) is 0 Å². The second kappa shape index (κ2) is 3.97. The molecule has 0 aliphatic heterocycles. The molecule has 0 saturated heterocycles. The highest BCUT2D eigenvalue weighted by Crippen LogP contribution is 2.04. The Morgan fingerprint density at radius 1 is 1.42 bits per heavy atom. The molecule has 0 atom stereocenters. The van der Waals surface area contributed by atoms with E-state index in [1.54, 1.807) is 20.8 Å². The molecular weight excluding hydrogens is 182 g/mol. The minimum Gasteiger partial charge on any atom is -0.302 e. The molecule has 5 nitrogen and oxygen atoms in total. The van der Waals surface area contributed by atoms with Gasteiger partial charge in [-0.25, -0.2) is 8.42 Å². The fraction of sp³-hybridized carbons (Fsp3) is 0.833. The second-order valence-corrected chi connectivity index (χ2v) is 4.98. The molecule has 0 aromatic heterocycles. The highest BCUT2D eigenvalue weighted by molar-refractivity contribution is 7.89. The van der Waals surface area contributed by atoms with Gasteiger partial charge in [0.25, 0.3) is 0 Å². The maximum atomic E-state index is 10.8. The molecule has 6 heteroatoms. The second-order valence-electron chi connectivity index (χ2n) is 3.25. The van der Waals surface area contributed by atoms with E-state index in [1.807, 2.05) is 4.89 Å². The third-order valence-corrected chi connectivity index (χ3v) is 1.67. The van der Waals surface area contributed by atoms with E-state index in [9.17, 15) is 13.2 Å². The lowest BCUT2D eigenvalue weighted by atomic mass is 10.2. The van der Waals surface area contributed by atoms with Crippen LogP contribution >= 0.6 is 0 Å². The van der Waals surface area contributed by atoms with Crippen molar-refractivity contribution in [3.63, 3.8) is 0 Å². The van der Waals surface area contributed by atoms with Gasteiger partial charge in [-0.15, -0.1) is 0 Å². The van der Waals surface area contributed by atoms with Gasteiger partial charge in [-0.05, 0) is 20.8 Å². The zero-order valence-corrected chi connectivity index (χ0v) is 8.14. The van der Waals surface area contributed by atoms with E-state index in [-0.39, 0.29) is 0 Å². The summed E-state index contributed by atoms with van der Waals surface area (Å²) in [5.41, 5.74) is -0.601. The minimum atomic E-state index is -3.61. The van der Waals surface area contributed by atoms with Crippen LogP contribution in [0.3, 0.4) is 0 Å². The Hall–Kier alpha value is -0.460. The van der Waals surface area contributed by atoms with Crippen LogP contribution in [0.2, 0.25) is 0 Å². The normalized spacial score (nSPS) is 12.9. The summed E-state index contributed by atoms with van der Waals surface area (Å²) in [7, 11) is -3.61. The molecule has 0 aliphatic carbocycles. The van der Waals surface area contributed by atoms with Crippen molar-refractivity contribution in [2.75, 3.05) is 5.75 Å². The predicted octanol–water partition coefficient (Wildman–Crippen LogP) is -0.165. The van der Waals surface area contributed by atoms with Gasteiger partial charge in [0.15, 0.2) is 0 Å². The zero-order chi connectivity index (χ0) is 9.83. The summed E-state index contributed by atoms with van der Waals surface area (Å²) >= 11 is 0.